The van der Waals surface area contributed by atoms with E-state index in [1.807, 2.05) is 51.2 Å². The minimum absolute atomic E-state index is 1.02. The van der Waals surface area contributed by atoms with Crippen LogP contribution in [0.1, 0.15) is 27.7 Å². The SMILES string of the molecule is C=C(C)\C=C/C=C/C=C(C)\C=C(C)/N=C/C. The van der Waals surface area contributed by atoms with Crippen molar-refractivity contribution < 1.29 is 0 Å². The first-order chi connectivity index (χ1) is 7.56. The van der Waals surface area contributed by atoms with Crippen molar-refractivity contribution in [2.75, 3.05) is 0 Å². The predicted octanol–water partition coefficient (Wildman–Crippen LogP) is 4.62. The van der Waals surface area contributed by atoms with Gasteiger partial charge >= 0.3 is 0 Å². The molecule has 0 aromatic rings. The molecule has 0 rings (SSSR count). The zero-order valence-electron chi connectivity index (χ0n) is 10.7. The molecule has 0 fully saturated rings. The van der Waals surface area contributed by atoms with Crippen LogP contribution in [-0.4, -0.2) is 6.21 Å². The Hall–Kier alpha value is -1.63. The molecule has 0 aromatic heterocycles. The van der Waals surface area contributed by atoms with Gasteiger partial charge in [-0.3, -0.25) is 4.99 Å². The summed E-state index contributed by atoms with van der Waals surface area (Å²) in [7, 11) is 0. The summed E-state index contributed by atoms with van der Waals surface area (Å²) < 4.78 is 0. The summed E-state index contributed by atoms with van der Waals surface area (Å²) in [5, 5.41) is 0. The highest BCUT2D eigenvalue weighted by Crippen LogP contribution is 2.02. The van der Waals surface area contributed by atoms with Crippen LogP contribution in [0.25, 0.3) is 0 Å². The van der Waals surface area contributed by atoms with E-state index in [0.717, 1.165) is 11.3 Å². The average molecular weight is 215 g/mol. The molecule has 1 nitrogen and oxygen atoms in total. The van der Waals surface area contributed by atoms with Gasteiger partial charge in [0.15, 0.2) is 0 Å². The van der Waals surface area contributed by atoms with E-state index in [1.54, 1.807) is 6.21 Å². The lowest BCUT2D eigenvalue weighted by Crippen LogP contribution is -1.73. The second-order valence-electron chi connectivity index (χ2n) is 3.67. The Morgan fingerprint density at radius 3 is 2.31 bits per heavy atom. The molecule has 0 unspecified atom stereocenters. The van der Waals surface area contributed by atoms with Gasteiger partial charge in [-0.1, -0.05) is 42.5 Å². The van der Waals surface area contributed by atoms with Crippen LogP contribution in [0.15, 0.2) is 64.9 Å². The van der Waals surface area contributed by atoms with Crippen LogP contribution in [-0.2, 0) is 0 Å². The maximum absolute atomic E-state index is 4.18. The molecule has 0 saturated heterocycles. The minimum Gasteiger partial charge on any atom is -0.266 e. The highest BCUT2D eigenvalue weighted by molar-refractivity contribution is 5.55. The molecule has 16 heavy (non-hydrogen) atoms. The van der Waals surface area contributed by atoms with Gasteiger partial charge in [0, 0.05) is 11.9 Å². The summed E-state index contributed by atoms with van der Waals surface area (Å²) >= 11 is 0. The first-order valence-electron chi connectivity index (χ1n) is 5.40. The molecule has 0 amide bonds. The third-order valence-electron chi connectivity index (χ3n) is 1.73. The van der Waals surface area contributed by atoms with Crippen LogP contribution in [0.3, 0.4) is 0 Å². The van der Waals surface area contributed by atoms with Gasteiger partial charge in [-0.2, -0.15) is 0 Å². The van der Waals surface area contributed by atoms with Crippen molar-refractivity contribution in [2.24, 2.45) is 4.99 Å². The van der Waals surface area contributed by atoms with Crippen molar-refractivity contribution in [3.8, 4) is 0 Å². The molecular formula is C15H21N. The number of hydrogen-bond donors (Lipinski definition) is 0. The van der Waals surface area contributed by atoms with Crippen molar-refractivity contribution in [3.63, 3.8) is 0 Å². The van der Waals surface area contributed by atoms with Crippen molar-refractivity contribution >= 4 is 6.21 Å². The Labute approximate surface area is 99.3 Å². The fourth-order valence-corrected chi connectivity index (χ4v) is 1.11. The number of allylic oxidation sites excluding steroid dienone is 9. The number of rotatable bonds is 5. The Morgan fingerprint density at radius 1 is 1.06 bits per heavy atom. The van der Waals surface area contributed by atoms with E-state index in [1.165, 1.54) is 5.57 Å². The highest BCUT2D eigenvalue weighted by atomic mass is 14.7. The molecule has 0 radical (unpaired) electrons. The Kier molecular flexibility index (Phi) is 7.78. The maximum Gasteiger partial charge on any atom is 0.0371 e. The van der Waals surface area contributed by atoms with Crippen LogP contribution in [0.5, 0.6) is 0 Å². The van der Waals surface area contributed by atoms with E-state index >= 15 is 0 Å². The third-order valence-corrected chi connectivity index (χ3v) is 1.73. The van der Waals surface area contributed by atoms with Gasteiger partial charge < -0.3 is 0 Å². The van der Waals surface area contributed by atoms with Gasteiger partial charge in [-0.25, -0.2) is 0 Å². The standard InChI is InChI=1S/C15H21N/c1-6-16-15(5)12-14(4)11-9-7-8-10-13(2)3/h6-12H,2H2,1,3-5H3/b9-7+,10-8-,14-11-,15-12-,16-6+. The number of hydrogen-bond acceptors (Lipinski definition) is 1. The van der Waals surface area contributed by atoms with Gasteiger partial charge in [-0.05, 0) is 39.3 Å². The first-order valence-corrected chi connectivity index (χ1v) is 5.40. The van der Waals surface area contributed by atoms with Gasteiger partial charge in [0.25, 0.3) is 0 Å². The van der Waals surface area contributed by atoms with E-state index in [0.29, 0.717) is 0 Å². The number of aliphatic imine (C=N–C) groups is 1. The number of nitrogens with zero attached hydrogens (tertiary/aromatic N) is 1. The van der Waals surface area contributed by atoms with Crippen molar-refractivity contribution in [1.29, 1.82) is 0 Å². The summed E-state index contributed by atoms with van der Waals surface area (Å²) in [6.45, 7) is 11.7. The summed E-state index contributed by atoms with van der Waals surface area (Å²) in [6, 6.07) is 0. The molecule has 0 spiro atoms. The van der Waals surface area contributed by atoms with Crippen molar-refractivity contribution in [1.82, 2.24) is 0 Å². The Morgan fingerprint density at radius 2 is 1.75 bits per heavy atom. The van der Waals surface area contributed by atoms with Gasteiger partial charge in [0.1, 0.15) is 0 Å². The van der Waals surface area contributed by atoms with E-state index in [2.05, 4.69) is 24.6 Å². The predicted molar refractivity (Wildman–Crippen MR) is 74.8 cm³/mol. The Balaban J connectivity index is 4.35. The molecule has 1 heteroatoms. The van der Waals surface area contributed by atoms with E-state index in [-0.39, 0.29) is 0 Å². The van der Waals surface area contributed by atoms with Gasteiger partial charge in [-0.15, -0.1) is 0 Å². The molecule has 0 N–H and O–H groups in total. The second kappa shape index (κ2) is 8.66. The fourth-order valence-electron chi connectivity index (χ4n) is 1.11. The second-order valence-corrected chi connectivity index (χ2v) is 3.67. The molecule has 0 aromatic carbocycles. The average Bonchev–Trinajstić information content (AvgIpc) is 2.16. The summed E-state index contributed by atoms with van der Waals surface area (Å²) in [6.07, 6.45) is 13.8. The molecular weight excluding hydrogens is 194 g/mol. The fraction of sp³-hybridized carbons (Fsp3) is 0.267. The van der Waals surface area contributed by atoms with E-state index in [9.17, 15) is 0 Å². The van der Waals surface area contributed by atoms with Crippen LogP contribution < -0.4 is 0 Å². The van der Waals surface area contributed by atoms with Gasteiger partial charge in [0.2, 0.25) is 0 Å². The van der Waals surface area contributed by atoms with Gasteiger partial charge in [0.05, 0.1) is 0 Å². The summed E-state index contributed by atoms with van der Waals surface area (Å²) in [4.78, 5) is 4.18. The quantitative estimate of drug-likeness (QED) is 0.469. The lowest BCUT2D eigenvalue weighted by Gasteiger charge is -1.92. The maximum atomic E-state index is 4.18. The van der Waals surface area contributed by atoms with Crippen LogP contribution in [0, 0.1) is 0 Å². The topological polar surface area (TPSA) is 12.4 Å². The highest BCUT2D eigenvalue weighted by Gasteiger charge is 1.83. The summed E-state index contributed by atoms with van der Waals surface area (Å²) in [5.41, 5.74) is 3.25. The van der Waals surface area contributed by atoms with E-state index < -0.39 is 0 Å². The zero-order valence-corrected chi connectivity index (χ0v) is 10.7. The molecule has 0 saturated carbocycles. The van der Waals surface area contributed by atoms with Crippen LogP contribution in [0.2, 0.25) is 0 Å². The lowest BCUT2D eigenvalue weighted by atomic mass is 10.2. The monoisotopic (exact) mass is 215 g/mol. The molecule has 0 aliphatic rings. The summed E-state index contributed by atoms with van der Waals surface area (Å²) in [5.74, 6) is 0. The molecule has 0 atom stereocenters. The van der Waals surface area contributed by atoms with Crippen molar-refractivity contribution in [3.05, 3.63) is 59.9 Å². The molecule has 0 bridgehead atoms. The Bertz CT molecular complexity index is 363. The zero-order chi connectivity index (χ0) is 12.4. The molecule has 0 heterocycles. The third kappa shape index (κ3) is 8.95. The first kappa shape index (κ1) is 14.4. The normalized spacial score (nSPS) is 14.5. The minimum atomic E-state index is 1.02. The lowest BCUT2D eigenvalue weighted by molar-refractivity contribution is 1.29. The van der Waals surface area contributed by atoms with E-state index in [4.69, 9.17) is 0 Å². The smallest absolute Gasteiger partial charge is 0.0371 e. The van der Waals surface area contributed by atoms with Crippen LogP contribution >= 0.6 is 0 Å². The van der Waals surface area contributed by atoms with Crippen molar-refractivity contribution in [2.45, 2.75) is 27.7 Å². The largest absolute Gasteiger partial charge is 0.266 e. The molecule has 0 aliphatic carbocycles. The molecule has 86 valence electrons. The molecule has 0 aliphatic heterocycles. The van der Waals surface area contributed by atoms with Crippen LogP contribution in [0.4, 0.5) is 0 Å².